The SMILES string of the molecule is Cc1ccc(C)c2c(C(=O)O)cc(-c3ccco3)nc12. The maximum Gasteiger partial charge on any atom is 0.336 e. The van der Waals surface area contributed by atoms with Gasteiger partial charge < -0.3 is 9.52 Å². The summed E-state index contributed by atoms with van der Waals surface area (Å²) in [5.41, 5.74) is 3.34. The van der Waals surface area contributed by atoms with Crippen molar-refractivity contribution in [2.45, 2.75) is 13.8 Å². The Morgan fingerprint density at radius 2 is 1.95 bits per heavy atom. The summed E-state index contributed by atoms with van der Waals surface area (Å²) in [6, 6.07) is 8.95. The Bertz CT molecular complexity index is 804. The van der Waals surface area contributed by atoms with Crippen LogP contribution in [0.1, 0.15) is 21.5 Å². The minimum atomic E-state index is -0.959. The molecule has 0 aliphatic rings. The Morgan fingerprint density at radius 3 is 2.60 bits per heavy atom. The zero-order valence-electron chi connectivity index (χ0n) is 11.2. The number of aromatic carboxylic acids is 1. The zero-order chi connectivity index (χ0) is 14.3. The number of aryl methyl sites for hydroxylation is 2. The molecule has 2 heterocycles. The number of furan rings is 1. The molecule has 20 heavy (non-hydrogen) atoms. The third-order valence-electron chi connectivity index (χ3n) is 3.37. The van der Waals surface area contributed by atoms with E-state index in [-0.39, 0.29) is 5.56 Å². The molecule has 4 nitrogen and oxygen atoms in total. The fourth-order valence-corrected chi connectivity index (χ4v) is 2.36. The summed E-state index contributed by atoms with van der Waals surface area (Å²) in [7, 11) is 0. The standard InChI is InChI=1S/C16H13NO3/c1-9-5-6-10(2)15-14(9)11(16(18)19)8-12(17-15)13-4-3-7-20-13/h3-8H,1-2H3,(H,18,19). The Hall–Kier alpha value is -2.62. The molecule has 3 rings (SSSR count). The Labute approximate surface area is 115 Å². The highest BCUT2D eigenvalue weighted by Crippen LogP contribution is 2.29. The van der Waals surface area contributed by atoms with Crippen LogP contribution in [-0.2, 0) is 0 Å². The molecule has 2 aromatic heterocycles. The van der Waals surface area contributed by atoms with Crippen molar-refractivity contribution in [2.24, 2.45) is 0 Å². The van der Waals surface area contributed by atoms with Gasteiger partial charge in [-0.25, -0.2) is 9.78 Å². The highest BCUT2D eigenvalue weighted by Gasteiger charge is 2.16. The van der Waals surface area contributed by atoms with Gasteiger partial charge in [0.15, 0.2) is 5.76 Å². The lowest BCUT2D eigenvalue weighted by Gasteiger charge is -2.10. The molecule has 0 atom stereocenters. The largest absolute Gasteiger partial charge is 0.478 e. The smallest absolute Gasteiger partial charge is 0.336 e. The summed E-state index contributed by atoms with van der Waals surface area (Å²) in [6.07, 6.45) is 1.55. The summed E-state index contributed by atoms with van der Waals surface area (Å²) >= 11 is 0. The van der Waals surface area contributed by atoms with Gasteiger partial charge in [0.1, 0.15) is 5.69 Å². The summed E-state index contributed by atoms with van der Waals surface area (Å²) in [6.45, 7) is 3.81. The predicted octanol–water partition coefficient (Wildman–Crippen LogP) is 3.81. The molecule has 0 aliphatic carbocycles. The van der Waals surface area contributed by atoms with Crippen LogP contribution in [0.3, 0.4) is 0 Å². The number of aromatic nitrogens is 1. The molecule has 0 fully saturated rings. The number of nitrogens with zero attached hydrogens (tertiary/aromatic N) is 1. The first kappa shape index (κ1) is 12.4. The van der Waals surface area contributed by atoms with E-state index in [4.69, 9.17) is 4.42 Å². The van der Waals surface area contributed by atoms with Crippen LogP contribution >= 0.6 is 0 Å². The molecule has 0 bridgehead atoms. The van der Waals surface area contributed by atoms with Crippen molar-refractivity contribution in [3.63, 3.8) is 0 Å². The Balaban J connectivity index is 2.43. The Morgan fingerprint density at radius 1 is 1.20 bits per heavy atom. The van der Waals surface area contributed by atoms with E-state index in [2.05, 4.69) is 4.98 Å². The van der Waals surface area contributed by atoms with Crippen LogP contribution in [0.2, 0.25) is 0 Å². The van der Waals surface area contributed by atoms with Gasteiger partial charge in [0.2, 0.25) is 0 Å². The average molecular weight is 267 g/mol. The molecule has 1 N–H and O–H groups in total. The molecule has 0 amide bonds. The Kier molecular flexibility index (Phi) is 2.79. The first-order valence-electron chi connectivity index (χ1n) is 6.26. The van der Waals surface area contributed by atoms with E-state index in [1.165, 1.54) is 0 Å². The van der Waals surface area contributed by atoms with Gasteiger partial charge in [-0.1, -0.05) is 12.1 Å². The fraction of sp³-hybridized carbons (Fsp3) is 0.125. The molecule has 0 saturated heterocycles. The van der Waals surface area contributed by atoms with Crippen molar-refractivity contribution in [3.05, 3.63) is 53.3 Å². The number of hydrogen-bond acceptors (Lipinski definition) is 3. The predicted molar refractivity (Wildman–Crippen MR) is 75.9 cm³/mol. The van der Waals surface area contributed by atoms with Crippen molar-refractivity contribution in [2.75, 3.05) is 0 Å². The molecule has 0 radical (unpaired) electrons. The second-order valence-corrected chi connectivity index (χ2v) is 4.76. The molecule has 0 unspecified atom stereocenters. The molecular weight excluding hydrogens is 254 g/mol. The average Bonchev–Trinajstić information content (AvgIpc) is 2.96. The normalized spacial score (nSPS) is 10.9. The third kappa shape index (κ3) is 1.86. The second-order valence-electron chi connectivity index (χ2n) is 4.76. The molecular formula is C16H13NO3. The van der Waals surface area contributed by atoms with Crippen LogP contribution in [0, 0.1) is 13.8 Å². The van der Waals surface area contributed by atoms with Crippen LogP contribution in [-0.4, -0.2) is 16.1 Å². The highest BCUT2D eigenvalue weighted by atomic mass is 16.4. The quantitative estimate of drug-likeness (QED) is 0.766. The lowest BCUT2D eigenvalue weighted by Crippen LogP contribution is -2.02. The number of fused-ring (bicyclic) bond motifs is 1. The molecule has 0 aliphatic heterocycles. The molecule has 3 aromatic rings. The van der Waals surface area contributed by atoms with E-state index in [0.29, 0.717) is 22.4 Å². The van der Waals surface area contributed by atoms with Gasteiger partial charge in [-0.05, 0) is 43.2 Å². The molecule has 0 saturated carbocycles. The van der Waals surface area contributed by atoms with E-state index in [1.807, 2.05) is 26.0 Å². The van der Waals surface area contributed by atoms with E-state index < -0.39 is 5.97 Å². The monoisotopic (exact) mass is 267 g/mol. The van der Waals surface area contributed by atoms with Gasteiger partial charge in [0.05, 0.1) is 17.3 Å². The fourth-order valence-electron chi connectivity index (χ4n) is 2.36. The summed E-state index contributed by atoms with van der Waals surface area (Å²) in [5, 5.41) is 10.1. The first-order valence-corrected chi connectivity index (χ1v) is 6.26. The minimum Gasteiger partial charge on any atom is -0.478 e. The van der Waals surface area contributed by atoms with Crippen LogP contribution in [0.4, 0.5) is 0 Å². The number of pyridine rings is 1. The van der Waals surface area contributed by atoms with Crippen LogP contribution in [0.5, 0.6) is 0 Å². The van der Waals surface area contributed by atoms with Crippen molar-refractivity contribution in [3.8, 4) is 11.5 Å². The van der Waals surface area contributed by atoms with Crippen LogP contribution in [0.25, 0.3) is 22.4 Å². The van der Waals surface area contributed by atoms with Gasteiger partial charge in [-0.2, -0.15) is 0 Å². The lowest BCUT2D eigenvalue weighted by atomic mass is 9.99. The van der Waals surface area contributed by atoms with E-state index in [1.54, 1.807) is 24.5 Å². The van der Waals surface area contributed by atoms with Gasteiger partial charge >= 0.3 is 5.97 Å². The summed E-state index contributed by atoms with van der Waals surface area (Å²) < 4.78 is 5.32. The zero-order valence-corrected chi connectivity index (χ0v) is 11.2. The number of carboxylic acids is 1. The topological polar surface area (TPSA) is 63.3 Å². The molecule has 4 heteroatoms. The van der Waals surface area contributed by atoms with Crippen molar-refractivity contribution in [1.82, 2.24) is 4.98 Å². The van der Waals surface area contributed by atoms with Crippen LogP contribution < -0.4 is 0 Å². The summed E-state index contributed by atoms with van der Waals surface area (Å²) in [4.78, 5) is 16.1. The first-order chi connectivity index (χ1) is 9.58. The van der Waals surface area contributed by atoms with Gasteiger partial charge in [-0.3, -0.25) is 0 Å². The number of hydrogen-bond donors (Lipinski definition) is 1. The van der Waals surface area contributed by atoms with Crippen molar-refractivity contribution >= 4 is 16.9 Å². The third-order valence-corrected chi connectivity index (χ3v) is 3.37. The van der Waals surface area contributed by atoms with Crippen molar-refractivity contribution < 1.29 is 14.3 Å². The highest BCUT2D eigenvalue weighted by molar-refractivity contribution is 6.05. The summed E-state index contributed by atoms with van der Waals surface area (Å²) in [5.74, 6) is -0.394. The maximum atomic E-state index is 11.5. The number of carbonyl (C=O) groups is 1. The lowest BCUT2D eigenvalue weighted by molar-refractivity contribution is 0.0699. The maximum absolute atomic E-state index is 11.5. The number of carboxylic acid groups (broad SMARTS) is 1. The van der Waals surface area contributed by atoms with Gasteiger partial charge in [-0.15, -0.1) is 0 Å². The van der Waals surface area contributed by atoms with Crippen molar-refractivity contribution in [1.29, 1.82) is 0 Å². The van der Waals surface area contributed by atoms with Gasteiger partial charge in [0.25, 0.3) is 0 Å². The van der Waals surface area contributed by atoms with E-state index in [9.17, 15) is 9.90 Å². The number of rotatable bonds is 2. The minimum absolute atomic E-state index is 0.252. The molecule has 0 spiro atoms. The van der Waals surface area contributed by atoms with Gasteiger partial charge in [0, 0.05) is 5.39 Å². The van der Waals surface area contributed by atoms with Crippen LogP contribution in [0.15, 0.2) is 41.0 Å². The van der Waals surface area contributed by atoms with E-state index in [0.717, 1.165) is 11.1 Å². The van der Waals surface area contributed by atoms with E-state index >= 15 is 0 Å². The molecule has 1 aromatic carbocycles. The number of benzene rings is 1. The molecule has 100 valence electrons. The second kappa shape index (κ2) is 4.49.